The van der Waals surface area contributed by atoms with Gasteiger partial charge in [-0.25, -0.2) is 4.39 Å². The van der Waals surface area contributed by atoms with Crippen LogP contribution in [0.4, 0.5) is 10.1 Å². The molecule has 2 fully saturated rings. The van der Waals surface area contributed by atoms with Gasteiger partial charge in [0.15, 0.2) is 0 Å². The fourth-order valence-electron chi connectivity index (χ4n) is 4.94. The molecule has 5 rings (SSSR count). The van der Waals surface area contributed by atoms with Crippen LogP contribution in [0.2, 0.25) is 0 Å². The summed E-state index contributed by atoms with van der Waals surface area (Å²) in [7, 11) is 1.64. The number of piperidine rings is 1. The van der Waals surface area contributed by atoms with Crippen LogP contribution in [-0.4, -0.2) is 71.8 Å². The first-order valence-electron chi connectivity index (χ1n) is 11.4. The number of hydrogen-bond donors (Lipinski definition) is 1. The number of anilines is 1. The van der Waals surface area contributed by atoms with Crippen molar-refractivity contribution >= 4 is 23.4 Å². The Labute approximate surface area is 196 Å². The molecule has 3 aliphatic rings. The van der Waals surface area contributed by atoms with E-state index in [1.807, 2.05) is 11.0 Å². The van der Waals surface area contributed by atoms with Gasteiger partial charge < -0.3 is 14.5 Å². The smallest absolute Gasteiger partial charge is 0.255 e. The summed E-state index contributed by atoms with van der Waals surface area (Å²) in [6, 6.07) is 4.14. The standard InChI is InChI=1S/C24H26FN5O4/c1-34-21-4-5-26-12-16(21)13-28-6-8-29(9-7-28)20-10-15-14-30(24(33)17(15)11-18(20)25)19-2-3-22(31)27-23(19)32/h4-5,10-12,19H,2-3,6-9,13-14H2,1H3,(H,27,31,32). The fourth-order valence-corrected chi connectivity index (χ4v) is 4.94. The highest BCUT2D eigenvalue weighted by Gasteiger charge is 2.40. The largest absolute Gasteiger partial charge is 0.496 e. The molecule has 0 bridgehead atoms. The second-order valence-corrected chi connectivity index (χ2v) is 8.81. The van der Waals surface area contributed by atoms with E-state index < -0.39 is 17.8 Å². The van der Waals surface area contributed by atoms with Crippen LogP contribution in [0.3, 0.4) is 0 Å². The molecule has 3 aliphatic heterocycles. The van der Waals surface area contributed by atoms with E-state index >= 15 is 4.39 Å². The molecule has 2 saturated heterocycles. The van der Waals surface area contributed by atoms with Crippen molar-refractivity contribution in [2.45, 2.75) is 32.0 Å². The van der Waals surface area contributed by atoms with Crippen LogP contribution < -0.4 is 15.0 Å². The molecule has 3 amide bonds. The summed E-state index contributed by atoms with van der Waals surface area (Å²) in [6.45, 7) is 3.71. The Bertz CT molecular complexity index is 1150. The van der Waals surface area contributed by atoms with Crippen LogP contribution in [0.1, 0.15) is 34.3 Å². The summed E-state index contributed by atoms with van der Waals surface area (Å²) in [5.74, 6) is -0.823. The summed E-state index contributed by atoms with van der Waals surface area (Å²) in [5, 5.41) is 2.29. The van der Waals surface area contributed by atoms with Gasteiger partial charge >= 0.3 is 0 Å². The predicted octanol–water partition coefficient (Wildman–Crippen LogP) is 1.31. The van der Waals surface area contributed by atoms with Gasteiger partial charge in [0.2, 0.25) is 11.8 Å². The number of imide groups is 1. The minimum Gasteiger partial charge on any atom is -0.496 e. The maximum absolute atomic E-state index is 15.1. The van der Waals surface area contributed by atoms with E-state index in [0.717, 1.165) is 24.4 Å². The normalized spacial score (nSPS) is 21.0. The number of hydrogen-bond acceptors (Lipinski definition) is 7. The van der Waals surface area contributed by atoms with Crippen molar-refractivity contribution in [3.05, 3.63) is 53.1 Å². The summed E-state index contributed by atoms with van der Waals surface area (Å²) in [4.78, 5) is 46.5. The number of piperazine rings is 1. The number of nitrogens with one attached hydrogen (secondary N) is 1. The maximum Gasteiger partial charge on any atom is 0.255 e. The Balaban J connectivity index is 1.27. The molecular formula is C24H26FN5O4. The zero-order valence-corrected chi connectivity index (χ0v) is 18.9. The Morgan fingerprint density at radius 3 is 2.71 bits per heavy atom. The van der Waals surface area contributed by atoms with Crippen LogP contribution >= 0.6 is 0 Å². The Morgan fingerprint density at radius 1 is 1.18 bits per heavy atom. The monoisotopic (exact) mass is 467 g/mol. The first-order chi connectivity index (χ1) is 16.4. The lowest BCUT2D eigenvalue weighted by Crippen LogP contribution is -2.52. The number of nitrogens with zero attached hydrogens (tertiary/aromatic N) is 4. The molecule has 1 atom stereocenters. The summed E-state index contributed by atoms with van der Waals surface area (Å²) in [6.07, 6.45) is 3.97. The average Bonchev–Trinajstić information content (AvgIpc) is 3.14. The lowest BCUT2D eigenvalue weighted by atomic mass is 10.0. The zero-order valence-electron chi connectivity index (χ0n) is 18.9. The van der Waals surface area contributed by atoms with Crippen molar-refractivity contribution in [2.24, 2.45) is 0 Å². The van der Waals surface area contributed by atoms with E-state index in [0.29, 0.717) is 30.9 Å². The zero-order chi connectivity index (χ0) is 23.8. The molecule has 2 aromatic rings. The number of halogens is 1. The first-order valence-corrected chi connectivity index (χ1v) is 11.4. The number of methoxy groups -OCH3 is 1. The third-order valence-corrected chi connectivity index (χ3v) is 6.78. The van der Waals surface area contributed by atoms with E-state index in [2.05, 4.69) is 15.2 Å². The number of fused-ring (bicyclic) bond motifs is 1. The van der Waals surface area contributed by atoms with Gasteiger partial charge in [0.05, 0.1) is 12.8 Å². The van der Waals surface area contributed by atoms with Crippen LogP contribution in [0.25, 0.3) is 0 Å². The van der Waals surface area contributed by atoms with Gasteiger partial charge in [0.1, 0.15) is 17.6 Å². The van der Waals surface area contributed by atoms with Gasteiger partial charge in [0, 0.05) is 69.2 Å². The van der Waals surface area contributed by atoms with Crippen LogP contribution in [0.15, 0.2) is 30.6 Å². The quantitative estimate of drug-likeness (QED) is 0.663. The maximum atomic E-state index is 15.1. The van der Waals surface area contributed by atoms with Gasteiger partial charge in [-0.2, -0.15) is 0 Å². The third kappa shape index (κ3) is 4.09. The van der Waals surface area contributed by atoms with Gasteiger partial charge in [-0.3, -0.25) is 29.6 Å². The highest BCUT2D eigenvalue weighted by Crippen LogP contribution is 2.33. The minimum atomic E-state index is -0.711. The number of pyridine rings is 1. The van der Waals surface area contributed by atoms with Crippen molar-refractivity contribution < 1.29 is 23.5 Å². The molecule has 0 aliphatic carbocycles. The molecule has 1 aromatic carbocycles. The van der Waals surface area contributed by atoms with Crippen LogP contribution in [0.5, 0.6) is 5.75 Å². The molecule has 9 nitrogen and oxygen atoms in total. The van der Waals surface area contributed by atoms with E-state index in [1.54, 1.807) is 25.6 Å². The van der Waals surface area contributed by atoms with E-state index in [1.165, 1.54) is 11.0 Å². The molecule has 1 aromatic heterocycles. The van der Waals surface area contributed by atoms with Gasteiger partial charge in [-0.1, -0.05) is 0 Å². The summed E-state index contributed by atoms with van der Waals surface area (Å²) < 4.78 is 20.5. The summed E-state index contributed by atoms with van der Waals surface area (Å²) >= 11 is 0. The number of carbonyl (C=O) groups is 3. The Morgan fingerprint density at radius 2 is 1.97 bits per heavy atom. The van der Waals surface area contributed by atoms with Gasteiger partial charge in [-0.15, -0.1) is 0 Å². The Kier molecular flexibility index (Phi) is 5.91. The van der Waals surface area contributed by atoms with Crippen molar-refractivity contribution in [2.75, 3.05) is 38.2 Å². The molecule has 0 spiro atoms. The number of rotatable bonds is 5. The highest BCUT2D eigenvalue weighted by molar-refractivity contribution is 6.05. The first kappa shape index (κ1) is 22.3. The van der Waals surface area contributed by atoms with Crippen molar-refractivity contribution in [1.29, 1.82) is 0 Å². The second kappa shape index (κ2) is 9.02. The Hall–Kier alpha value is -3.53. The molecule has 10 heteroatoms. The van der Waals surface area contributed by atoms with Crippen molar-refractivity contribution in [1.82, 2.24) is 20.1 Å². The predicted molar refractivity (Wildman–Crippen MR) is 121 cm³/mol. The van der Waals surface area contributed by atoms with Crippen LogP contribution in [0, 0.1) is 5.82 Å². The topological polar surface area (TPSA) is 95.1 Å². The number of ether oxygens (including phenoxy) is 1. The molecule has 1 unspecified atom stereocenters. The van der Waals surface area contributed by atoms with E-state index in [9.17, 15) is 14.4 Å². The number of aromatic nitrogens is 1. The second-order valence-electron chi connectivity index (χ2n) is 8.81. The molecule has 34 heavy (non-hydrogen) atoms. The molecule has 1 N–H and O–H groups in total. The van der Waals surface area contributed by atoms with E-state index in [-0.39, 0.29) is 36.8 Å². The number of amides is 3. The lowest BCUT2D eigenvalue weighted by molar-refractivity contribution is -0.136. The minimum absolute atomic E-state index is 0.186. The third-order valence-electron chi connectivity index (χ3n) is 6.78. The highest BCUT2D eigenvalue weighted by atomic mass is 19.1. The van der Waals surface area contributed by atoms with E-state index in [4.69, 9.17) is 4.74 Å². The summed E-state index contributed by atoms with van der Waals surface area (Å²) in [5.41, 5.74) is 2.46. The number of carbonyl (C=O) groups excluding carboxylic acids is 3. The fraction of sp³-hybridized carbons (Fsp3) is 0.417. The molecule has 4 heterocycles. The lowest BCUT2D eigenvalue weighted by Gasteiger charge is -2.36. The van der Waals surface area contributed by atoms with Gasteiger partial charge in [-0.05, 0) is 30.2 Å². The van der Waals surface area contributed by atoms with Gasteiger partial charge in [0.25, 0.3) is 5.91 Å². The van der Waals surface area contributed by atoms with Crippen molar-refractivity contribution in [3.8, 4) is 5.75 Å². The molecule has 0 saturated carbocycles. The van der Waals surface area contributed by atoms with Crippen LogP contribution in [-0.2, 0) is 22.7 Å². The molecular weight excluding hydrogens is 441 g/mol. The average molecular weight is 468 g/mol. The molecule has 0 radical (unpaired) electrons. The molecule has 178 valence electrons. The SMILES string of the molecule is COc1ccncc1CN1CCN(c2cc3c(cc2F)C(=O)N(C2CCC(=O)NC2=O)C3)CC1. The van der Waals surface area contributed by atoms with Crippen molar-refractivity contribution in [3.63, 3.8) is 0 Å². The number of benzene rings is 1.